The summed E-state index contributed by atoms with van der Waals surface area (Å²) in [4.78, 5) is 33.7. The van der Waals surface area contributed by atoms with E-state index in [2.05, 4.69) is 9.47 Å². The smallest absolute Gasteiger partial charge is 0.338 e. The molecule has 0 fully saturated rings. The van der Waals surface area contributed by atoms with Gasteiger partial charge in [-0.15, -0.1) is 0 Å². The van der Waals surface area contributed by atoms with Crippen molar-refractivity contribution in [2.45, 2.75) is 6.54 Å². The second kappa shape index (κ2) is 8.90. The number of esters is 2. The first kappa shape index (κ1) is 18.6. The molecule has 0 aliphatic carbocycles. The molecule has 0 bridgehead atoms. The second-order valence-corrected chi connectivity index (χ2v) is 5.83. The van der Waals surface area contributed by atoms with Crippen molar-refractivity contribution in [2.24, 2.45) is 0 Å². The monoisotopic (exact) mass is 440 g/mol. The van der Waals surface area contributed by atoms with Crippen LogP contribution in [0.15, 0.2) is 18.2 Å². The highest BCUT2D eigenvalue weighted by molar-refractivity contribution is 14.2. The van der Waals surface area contributed by atoms with E-state index in [1.165, 1.54) is 41.5 Å². The van der Waals surface area contributed by atoms with E-state index in [9.17, 15) is 19.7 Å². The zero-order valence-electron chi connectivity index (χ0n) is 11.8. The molecule has 0 aliphatic heterocycles. The molecule has 10 heteroatoms. The molecular weight excluding hydrogens is 427 g/mol. The number of carbonyl (C=O) groups is 2. The Hall–Kier alpha value is -1.40. The molecule has 0 aliphatic rings. The summed E-state index contributed by atoms with van der Waals surface area (Å²) < 4.78 is 10.8. The van der Waals surface area contributed by atoms with E-state index in [-0.39, 0.29) is 29.9 Å². The third kappa shape index (κ3) is 4.81. The Balaban J connectivity index is 3.21. The molecular formula is C12H13IN2O6S. The van der Waals surface area contributed by atoms with E-state index >= 15 is 0 Å². The summed E-state index contributed by atoms with van der Waals surface area (Å²) in [6, 6.07) is 4.16. The number of methoxy groups -OCH3 is 2. The van der Waals surface area contributed by atoms with Crippen LogP contribution in [0, 0.1) is 10.1 Å². The Morgan fingerprint density at radius 3 is 2.55 bits per heavy atom. The van der Waals surface area contributed by atoms with Gasteiger partial charge in [0.25, 0.3) is 5.69 Å². The quantitative estimate of drug-likeness (QED) is 0.210. The molecule has 1 rings (SSSR count). The molecule has 0 heterocycles. The molecule has 0 N–H and O–H groups in total. The Morgan fingerprint density at radius 2 is 2.05 bits per heavy atom. The number of nitrogens with zero attached hydrogens (tertiary/aromatic N) is 2. The number of hydrogen-bond acceptors (Lipinski definition) is 8. The van der Waals surface area contributed by atoms with Gasteiger partial charge >= 0.3 is 11.9 Å². The summed E-state index contributed by atoms with van der Waals surface area (Å²) in [6.07, 6.45) is 0. The lowest BCUT2D eigenvalue weighted by Gasteiger charge is -2.18. The number of nitro benzene ring substituents is 1. The van der Waals surface area contributed by atoms with Crippen molar-refractivity contribution in [3.05, 3.63) is 39.4 Å². The minimum absolute atomic E-state index is 0.0181. The molecule has 0 aromatic heterocycles. The van der Waals surface area contributed by atoms with Gasteiger partial charge in [0, 0.05) is 33.8 Å². The highest BCUT2D eigenvalue weighted by atomic mass is 127. The van der Waals surface area contributed by atoms with Gasteiger partial charge in [0.15, 0.2) is 0 Å². The fourth-order valence-corrected chi connectivity index (χ4v) is 2.87. The zero-order chi connectivity index (χ0) is 16.7. The Labute approximate surface area is 143 Å². The van der Waals surface area contributed by atoms with Crippen LogP contribution in [0.5, 0.6) is 0 Å². The van der Waals surface area contributed by atoms with Gasteiger partial charge in [-0.2, -0.15) is 0 Å². The van der Waals surface area contributed by atoms with Gasteiger partial charge in [0.1, 0.15) is 6.54 Å². The molecule has 0 unspecified atom stereocenters. The van der Waals surface area contributed by atoms with Gasteiger partial charge in [0.2, 0.25) is 0 Å². The third-order valence-electron chi connectivity index (χ3n) is 2.72. The largest absolute Gasteiger partial charge is 0.468 e. The number of ether oxygens (including phenoxy) is 2. The Kier molecular flexibility index (Phi) is 7.55. The Morgan fingerprint density at radius 1 is 1.36 bits per heavy atom. The lowest BCUT2D eigenvalue weighted by atomic mass is 10.1. The first-order chi connectivity index (χ1) is 10.4. The maximum Gasteiger partial charge on any atom is 0.338 e. The highest BCUT2D eigenvalue weighted by Gasteiger charge is 2.25. The minimum atomic E-state index is -0.671. The molecule has 8 nitrogen and oxygen atoms in total. The van der Waals surface area contributed by atoms with Crippen molar-refractivity contribution in [2.75, 3.05) is 20.8 Å². The van der Waals surface area contributed by atoms with Crippen molar-refractivity contribution >= 4 is 48.0 Å². The van der Waals surface area contributed by atoms with E-state index < -0.39 is 16.9 Å². The van der Waals surface area contributed by atoms with Crippen molar-refractivity contribution in [3.8, 4) is 0 Å². The van der Waals surface area contributed by atoms with Crippen LogP contribution >= 0.6 is 30.3 Å². The molecule has 0 spiro atoms. The van der Waals surface area contributed by atoms with E-state index in [0.29, 0.717) is 0 Å². The van der Waals surface area contributed by atoms with Crippen LogP contribution in [0.3, 0.4) is 0 Å². The number of rotatable bonds is 7. The van der Waals surface area contributed by atoms with Crippen molar-refractivity contribution in [1.82, 2.24) is 4.31 Å². The third-order valence-corrected chi connectivity index (χ3v) is 4.84. The van der Waals surface area contributed by atoms with Crippen LogP contribution in [0.1, 0.15) is 15.9 Å². The molecule has 1 aromatic rings. The number of nitro groups is 1. The number of carbonyl (C=O) groups excluding carboxylic acids is 2. The average molecular weight is 440 g/mol. The topological polar surface area (TPSA) is 99.0 Å². The van der Waals surface area contributed by atoms with Crippen LogP contribution in [0.25, 0.3) is 0 Å². The number of hydrogen-bond donors (Lipinski definition) is 0. The summed E-state index contributed by atoms with van der Waals surface area (Å²) in [6.45, 7) is -0.0545. The summed E-state index contributed by atoms with van der Waals surface area (Å²) in [5, 5.41) is 11.2. The first-order valence-electron chi connectivity index (χ1n) is 5.89. The minimum Gasteiger partial charge on any atom is -0.468 e. The van der Waals surface area contributed by atoms with Gasteiger partial charge in [-0.3, -0.25) is 14.9 Å². The average Bonchev–Trinajstić information content (AvgIpc) is 2.52. The molecule has 1 aromatic carbocycles. The zero-order valence-corrected chi connectivity index (χ0v) is 14.8. The SMILES string of the molecule is COC(=O)CN(Cc1c(C(=O)OC)cccc1[N+](=O)[O-])SI. The van der Waals surface area contributed by atoms with E-state index in [0.717, 1.165) is 0 Å². The molecule has 120 valence electrons. The highest BCUT2D eigenvalue weighted by Crippen LogP contribution is 2.29. The van der Waals surface area contributed by atoms with Crippen LogP contribution in [-0.2, 0) is 20.8 Å². The maximum absolute atomic E-state index is 11.8. The fraction of sp³-hybridized carbons (Fsp3) is 0.333. The first-order valence-corrected chi connectivity index (χ1v) is 9.21. The van der Waals surface area contributed by atoms with Crippen LogP contribution in [0.2, 0.25) is 0 Å². The van der Waals surface area contributed by atoms with E-state index in [1.807, 2.05) is 21.2 Å². The summed E-state index contributed by atoms with van der Waals surface area (Å²) in [7, 11) is 3.64. The predicted octanol–water partition coefficient (Wildman–Crippen LogP) is 2.35. The van der Waals surface area contributed by atoms with Gasteiger partial charge in [-0.25, -0.2) is 9.10 Å². The van der Waals surface area contributed by atoms with Gasteiger partial charge in [-0.05, 0) is 15.2 Å². The summed E-state index contributed by atoms with van der Waals surface area (Å²) >= 11 is 1.94. The summed E-state index contributed by atoms with van der Waals surface area (Å²) in [5.41, 5.74) is 0.0765. The molecule has 0 saturated carbocycles. The standard InChI is InChI=1S/C12H13IN2O6S/c1-20-11(16)7-14(22-13)6-9-8(12(17)21-2)4-3-5-10(9)15(18)19/h3-5H,6-7H2,1-2H3. The van der Waals surface area contributed by atoms with E-state index in [1.54, 1.807) is 4.31 Å². The molecule has 0 radical (unpaired) electrons. The Bertz CT molecular complexity index is 583. The normalized spacial score (nSPS) is 10.4. The van der Waals surface area contributed by atoms with Gasteiger partial charge < -0.3 is 9.47 Å². The van der Waals surface area contributed by atoms with Crippen molar-refractivity contribution < 1.29 is 24.0 Å². The lowest BCUT2D eigenvalue weighted by molar-refractivity contribution is -0.385. The predicted molar refractivity (Wildman–Crippen MR) is 88.5 cm³/mol. The second-order valence-electron chi connectivity index (χ2n) is 4.00. The number of halogens is 1. The number of benzene rings is 1. The van der Waals surface area contributed by atoms with Crippen LogP contribution < -0.4 is 0 Å². The molecule has 0 amide bonds. The van der Waals surface area contributed by atoms with E-state index in [4.69, 9.17) is 0 Å². The lowest BCUT2D eigenvalue weighted by Crippen LogP contribution is -2.25. The van der Waals surface area contributed by atoms with Crippen LogP contribution in [-0.4, -0.2) is 41.9 Å². The molecule has 0 atom stereocenters. The summed E-state index contributed by atoms with van der Waals surface area (Å²) in [5.74, 6) is -1.16. The molecule has 0 saturated heterocycles. The van der Waals surface area contributed by atoms with Gasteiger partial charge in [-0.1, -0.05) is 6.07 Å². The van der Waals surface area contributed by atoms with Crippen molar-refractivity contribution in [3.63, 3.8) is 0 Å². The fourth-order valence-electron chi connectivity index (χ4n) is 1.70. The van der Waals surface area contributed by atoms with Crippen molar-refractivity contribution in [1.29, 1.82) is 0 Å². The van der Waals surface area contributed by atoms with Gasteiger partial charge in [0.05, 0.1) is 30.3 Å². The van der Waals surface area contributed by atoms with Crippen LogP contribution in [0.4, 0.5) is 5.69 Å². The maximum atomic E-state index is 11.8. The molecule has 22 heavy (non-hydrogen) atoms.